The molecule has 3 amide bonds. The molecule has 0 radical (unpaired) electrons. The van der Waals surface area contributed by atoms with Crippen LogP contribution in [0.15, 0.2) is 33.6 Å². The van der Waals surface area contributed by atoms with Crippen molar-refractivity contribution in [3.8, 4) is 0 Å². The van der Waals surface area contributed by atoms with Crippen LogP contribution >= 0.6 is 15.9 Å². The largest absolute Gasteiger partial charge is 0.467 e. The predicted molar refractivity (Wildman–Crippen MR) is 165 cm³/mol. The number of halogens is 1. The van der Waals surface area contributed by atoms with Crippen LogP contribution in [0.1, 0.15) is 83.5 Å². The van der Waals surface area contributed by atoms with Gasteiger partial charge in [-0.05, 0) is 75.1 Å². The minimum Gasteiger partial charge on any atom is -0.467 e. The highest BCUT2D eigenvalue weighted by Gasteiger charge is 2.62. The van der Waals surface area contributed by atoms with Crippen molar-refractivity contribution in [2.45, 2.75) is 118 Å². The van der Waals surface area contributed by atoms with Gasteiger partial charge in [0.2, 0.25) is 11.8 Å². The summed E-state index contributed by atoms with van der Waals surface area (Å²) in [5.41, 5.74) is -1.19. The summed E-state index contributed by atoms with van der Waals surface area (Å²) >= 11 is 3.29. The molecule has 12 nitrogen and oxygen atoms in total. The summed E-state index contributed by atoms with van der Waals surface area (Å²) < 4.78 is 43.2. The Morgan fingerprint density at radius 2 is 1.60 bits per heavy atom. The first-order valence-electron chi connectivity index (χ1n) is 15.9. The molecule has 0 aromatic heterocycles. The zero-order valence-electron chi connectivity index (χ0n) is 25.5. The van der Waals surface area contributed by atoms with E-state index in [1.165, 1.54) is 24.1 Å². The monoisotopic (exact) mass is 711 g/mol. The van der Waals surface area contributed by atoms with Crippen molar-refractivity contribution in [2.24, 2.45) is 5.92 Å². The molecule has 1 aromatic carbocycles. The smallest absolute Gasteiger partial charge is 0.408 e. The minimum absolute atomic E-state index is 0.0643. The number of hydrogen-bond donors (Lipinski definition) is 2. The fourth-order valence-electron chi connectivity index (χ4n) is 6.87. The molecule has 4 fully saturated rings. The number of nitrogens with zero attached hydrogens (tertiary/aromatic N) is 1. The number of carbonyl (C=O) groups is 4. The second-order valence-corrected chi connectivity index (χ2v) is 15.1. The second kappa shape index (κ2) is 14.4. The van der Waals surface area contributed by atoms with Crippen LogP contribution in [0.2, 0.25) is 0 Å². The van der Waals surface area contributed by atoms with Crippen LogP contribution in [0.5, 0.6) is 0 Å². The summed E-state index contributed by atoms with van der Waals surface area (Å²) in [4.78, 5) is 55.0. The van der Waals surface area contributed by atoms with E-state index in [2.05, 4.69) is 26.6 Å². The zero-order chi connectivity index (χ0) is 32.2. The molecule has 248 valence electrons. The summed E-state index contributed by atoms with van der Waals surface area (Å²) in [6.45, 7) is -0.197. The van der Waals surface area contributed by atoms with Gasteiger partial charge in [0.15, 0.2) is 0 Å². The first-order valence-corrected chi connectivity index (χ1v) is 18.1. The van der Waals surface area contributed by atoms with E-state index in [1.807, 2.05) is 0 Å². The Hall–Kier alpha value is -2.71. The van der Waals surface area contributed by atoms with E-state index in [4.69, 9.17) is 13.7 Å². The number of ether oxygens (including phenoxy) is 2. The van der Waals surface area contributed by atoms with Gasteiger partial charge in [-0.25, -0.2) is 9.59 Å². The normalized spacial score (nSPS) is 29.9. The van der Waals surface area contributed by atoms with E-state index in [1.54, 1.807) is 12.1 Å². The third kappa shape index (κ3) is 7.99. The van der Waals surface area contributed by atoms with Crippen molar-refractivity contribution >= 4 is 49.9 Å². The number of methoxy groups -OCH3 is 1. The van der Waals surface area contributed by atoms with E-state index in [-0.39, 0.29) is 29.9 Å². The highest BCUT2D eigenvalue weighted by atomic mass is 79.9. The molecule has 2 saturated carbocycles. The maximum absolute atomic E-state index is 14.1. The summed E-state index contributed by atoms with van der Waals surface area (Å²) in [6.07, 6.45) is 7.23. The maximum atomic E-state index is 14.1. The average Bonchev–Trinajstić information content (AvgIpc) is 3.29. The molecule has 2 saturated heterocycles. The molecule has 5 rings (SSSR count). The number of nitrogens with one attached hydrogen (secondary N) is 2. The standard InChI is InChI=1S/C31H42BrN3O9S/c1-42-29(38)31-18-20(31)9-5-3-2-4-6-12-25(33-30(39)43-22-10-7-8-11-22)28(37)35-19-23(17-26(35)27(36)34-31)44-45(40,41)24-15-13-21(32)14-16-24/h13-16,20,22-23,25-26H,2-12,17-19H2,1H3,(H,33,39)(H,34,36)/t20-,23-,25-,26-,31+/m0/s1. The SMILES string of the molecule is COC(=O)[C@@]12C[C@@H]1CCCCCCC[C@H](NC(=O)OC1CCCC1)C(=O)N1C[C@@H](OS(=O)(=O)c3ccc(Br)cc3)C[C@H]1C(=O)N2. The molecule has 45 heavy (non-hydrogen) atoms. The van der Waals surface area contributed by atoms with E-state index in [0.717, 1.165) is 57.8 Å². The molecule has 14 heteroatoms. The van der Waals surface area contributed by atoms with Gasteiger partial charge in [0.1, 0.15) is 23.7 Å². The fourth-order valence-corrected chi connectivity index (χ4v) is 8.22. The van der Waals surface area contributed by atoms with Crippen LogP contribution in [0.4, 0.5) is 4.79 Å². The molecular formula is C31H42BrN3O9S. The Bertz CT molecular complexity index is 1370. The van der Waals surface area contributed by atoms with Gasteiger partial charge in [-0.15, -0.1) is 0 Å². The Balaban J connectivity index is 1.40. The van der Waals surface area contributed by atoms with Crippen LogP contribution < -0.4 is 10.6 Å². The Morgan fingerprint density at radius 3 is 2.29 bits per heavy atom. The van der Waals surface area contributed by atoms with Crippen molar-refractivity contribution in [1.29, 1.82) is 0 Å². The van der Waals surface area contributed by atoms with Crippen molar-refractivity contribution in [3.63, 3.8) is 0 Å². The second-order valence-electron chi connectivity index (χ2n) is 12.6. The molecule has 2 aliphatic carbocycles. The quantitative estimate of drug-likeness (QED) is 0.329. The molecular weight excluding hydrogens is 670 g/mol. The molecule has 0 unspecified atom stereocenters. The van der Waals surface area contributed by atoms with Gasteiger partial charge in [-0.3, -0.25) is 13.8 Å². The zero-order valence-corrected chi connectivity index (χ0v) is 27.9. The van der Waals surface area contributed by atoms with Gasteiger partial charge in [-0.1, -0.05) is 48.0 Å². The molecule has 5 atom stereocenters. The Kier molecular flexibility index (Phi) is 10.7. The van der Waals surface area contributed by atoms with Gasteiger partial charge >= 0.3 is 12.1 Å². The lowest BCUT2D eigenvalue weighted by Crippen LogP contribution is -2.56. The van der Waals surface area contributed by atoms with Gasteiger partial charge in [0.25, 0.3) is 10.1 Å². The van der Waals surface area contributed by atoms with Crippen molar-refractivity contribution < 1.29 is 41.3 Å². The number of rotatable bonds is 6. The van der Waals surface area contributed by atoms with Crippen molar-refractivity contribution in [1.82, 2.24) is 15.5 Å². The lowest BCUT2D eigenvalue weighted by atomic mass is 10.0. The predicted octanol–water partition coefficient (Wildman–Crippen LogP) is 3.95. The van der Waals surface area contributed by atoms with E-state index in [0.29, 0.717) is 23.7 Å². The maximum Gasteiger partial charge on any atom is 0.408 e. The van der Waals surface area contributed by atoms with Gasteiger partial charge in [0.05, 0.1) is 18.1 Å². The third-order valence-electron chi connectivity index (χ3n) is 9.43. The first kappa shape index (κ1) is 33.6. The number of hydrogen-bond acceptors (Lipinski definition) is 9. The van der Waals surface area contributed by atoms with E-state index >= 15 is 0 Å². The van der Waals surface area contributed by atoms with Crippen LogP contribution in [0, 0.1) is 5.92 Å². The van der Waals surface area contributed by atoms with Gasteiger partial charge in [0, 0.05) is 17.4 Å². The van der Waals surface area contributed by atoms with Crippen molar-refractivity contribution in [2.75, 3.05) is 13.7 Å². The molecule has 2 heterocycles. The molecule has 0 bridgehead atoms. The van der Waals surface area contributed by atoms with Crippen LogP contribution in [-0.2, 0) is 38.2 Å². The molecule has 0 spiro atoms. The molecule has 2 aliphatic heterocycles. The number of benzene rings is 1. The fraction of sp³-hybridized carbons (Fsp3) is 0.677. The Morgan fingerprint density at radius 1 is 0.956 bits per heavy atom. The van der Waals surface area contributed by atoms with Crippen LogP contribution in [0.25, 0.3) is 0 Å². The summed E-state index contributed by atoms with van der Waals surface area (Å²) in [7, 11) is -2.95. The summed E-state index contributed by atoms with van der Waals surface area (Å²) in [6, 6.07) is 3.83. The summed E-state index contributed by atoms with van der Waals surface area (Å²) in [5, 5.41) is 5.61. The molecule has 1 aromatic rings. The van der Waals surface area contributed by atoms with Gasteiger partial charge in [-0.2, -0.15) is 8.42 Å². The van der Waals surface area contributed by atoms with E-state index < -0.39 is 57.7 Å². The van der Waals surface area contributed by atoms with Gasteiger partial charge < -0.3 is 25.0 Å². The number of carbonyl (C=O) groups excluding carboxylic acids is 4. The van der Waals surface area contributed by atoms with Crippen LogP contribution in [0.3, 0.4) is 0 Å². The van der Waals surface area contributed by atoms with Crippen LogP contribution in [-0.4, -0.2) is 80.7 Å². The average molecular weight is 713 g/mol. The number of amides is 3. The summed E-state index contributed by atoms with van der Waals surface area (Å²) in [5.74, 6) is -1.75. The third-order valence-corrected chi connectivity index (χ3v) is 11.3. The minimum atomic E-state index is -4.23. The topological polar surface area (TPSA) is 157 Å². The first-order chi connectivity index (χ1) is 21.5. The molecule has 4 aliphatic rings. The van der Waals surface area contributed by atoms with Crippen molar-refractivity contribution in [3.05, 3.63) is 28.7 Å². The lowest BCUT2D eigenvalue weighted by molar-refractivity contribution is -0.148. The molecule has 2 N–H and O–H groups in total. The highest BCUT2D eigenvalue weighted by molar-refractivity contribution is 9.10. The Labute approximate surface area is 272 Å². The van der Waals surface area contributed by atoms with E-state index in [9.17, 15) is 27.6 Å². The lowest BCUT2D eigenvalue weighted by Gasteiger charge is -2.29. The number of alkyl carbamates (subject to hydrolysis) is 1. The number of fused-ring (bicyclic) bond motifs is 2. The highest BCUT2D eigenvalue weighted by Crippen LogP contribution is 2.48. The number of esters is 1.